The third kappa shape index (κ3) is 6.33. The minimum absolute atomic E-state index is 0.0851. The van der Waals surface area contributed by atoms with E-state index in [2.05, 4.69) is 24.5 Å². The Labute approximate surface area is 156 Å². The molecule has 0 aromatic heterocycles. The molecule has 2 rings (SSSR count). The van der Waals surface area contributed by atoms with E-state index in [9.17, 15) is 9.59 Å². The van der Waals surface area contributed by atoms with Crippen molar-refractivity contribution in [1.29, 1.82) is 0 Å². The molecule has 144 valence electrons. The molecule has 1 aliphatic rings. The number of carbonyl (C=O) groups is 2. The van der Waals surface area contributed by atoms with Gasteiger partial charge in [0.2, 0.25) is 5.91 Å². The number of rotatable bonds is 10. The van der Waals surface area contributed by atoms with Gasteiger partial charge in [0, 0.05) is 37.5 Å². The van der Waals surface area contributed by atoms with Gasteiger partial charge in [0.15, 0.2) is 0 Å². The van der Waals surface area contributed by atoms with Crippen molar-refractivity contribution in [2.24, 2.45) is 0 Å². The number of amides is 2. The number of hydrogen-bond acceptors (Lipinski definition) is 4. The second kappa shape index (κ2) is 10.8. The molecule has 1 aromatic carbocycles. The van der Waals surface area contributed by atoms with Crippen LogP contribution < -0.4 is 10.6 Å². The Bertz CT molecular complexity index is 579. The van der Waals surface area contributed by atoms with E-state index in [1.165, 1.54) is 0 Å². The number of nitrogens with zero attached hydrogens (tertiary/aromatic N) is 1. The topological polar surface area (TPSA) is 70.7 Å². The average Bonchev–Trinajstić information content (AvgIpc) is 3.18. The Hall–Kier alpha value is -2.08. The lowest BCUT2D eigenvalue weighted by Gasteiger charge is -2.22. The zero-order valence-electron chi connectivity index (χ0n) is 15.9. The van der Waals surface area contributed by atoms with Crippen molar-refractivity contribution in [3.05, 3.63) is 29.8 Å². The first kappa shape index (κ1) is 20.2. The summed E-state index contributed by atoms with van der Waals surface area (Å²) in [5, 5.41) is 6.06. The summed E-state index contributed by atoms with van der Waals surface area (Å²) < 4.78 is 5.52. The molecule has 1 heterocycles. The van der Waals surface area contributed by atoms with E-state index < -0.39 is 0 Å². The number of hydrogen-bond donors (Lipinski definition) is 2. The summed E-state index contributed by atoms with van der Waals surface area (Å²) in [6.07, 6.45) is 4.08. The average molecular weight is 361 g/mol. The fourth-order valence-electron chi connectivity index (χ4n) is 3.07. The molecule has 1 saturated heterocycles. The number of anilines is 1. The lowest BCUT2D eigenvalue weighted by atomic mass is 10.1. The van der Waals surface area contributed by atoms with Crippen molar-refractivity contribution in [3.8, 4) is 0 Å². The molecule has 6 nitrogen and oxygen atoms in total. The zero-order valence-corrected chi connectivity index (χ0v) is 15.9. The predicted molar refractivity (Wildman–Crippen MR) is 103 cm³/mol. The van der Waals surface area contributed by atoms with E-state index in [1.807, 2.05) is 17.0 Å². The van der Waals surface area contributed by atoms with Gasteiger partial charge in [-0.3, -0.25) is 9.59 Å². The van der Waals surface area contributed by atoms with Crippen molar-refractivity contribution in [3.63, 3.8) is 0 Å². The molecule has 0 saturated carbocycles. The first-order valence-electron chi connectivity index (χ1n) is 9.65. The molecule has 1 aromatic rings. The lowest BCUT2D eigenvalue weighted by Crippen LogP contribution is -2.36. The van der Waals surface area contributed by atoms with Crippen LogP contribution in [0.4, 0.5) is 5.69 Å². The van der Waals surface area contributed by atoms with Crippen LogP contribution in [-0.2, 0) is 9.53 Å². The van der Waals surface area contributed by atoms with Gasteiger partial charge >= 0.3 is 0 Å². The molecule has 0 aliphatic carbocycles. The molecule has 6 heteroatoms. The van der Waals surface area contributed by atoms with Crippen LogP contribution in [0.1, 0.15) is 49.9 Å². The Kier molecular flexibility index (Phi) is 8.41. The molecular weight excluding hydrogens is 330 g/mol. The smallest absolute Gasteiger partial charge is 0.251 e. The number of benzene rings is 1. The normalized spacial score (nSPS) is 16.3. The Morgan fingerprint density at radius 2 is 2.00 bits per heavy atom. The van der Waals surface area contributed by atoms with Gasteiger partial charge in [0.05, 0.1) is 12.6 Å². The van der Waals surface area contributed by atoms with Crippen LogP contribution in [0.2, 0.25) is 0 Å². The SMILES string of the molecule is CCCN(CCC)C(=O)CNc1cccc(C(=O)NCC2CCCO2)c1. The third-order valence-corrected chi connectivity index (χ3v) is 4.42. The van der Waals surface area contributed by atoms with E-state index in [0.717, 1.165) is 51.1 Å². The standard InChI is InChI=1S/C20H31N3O3/c1-3-10-23(11-4-2)19(24)15-21-17-8-5-7-16(13-17)20(25)22-14-18-9-6-12-26-18/h5,7-8,13,18,21H,3-4,6,9-12,14-15H2,1-2H3,(H,22,25). The highest BCUT2D eigenvalue weighted by Crippen LogP contribution is 2.13. The van der Waals surface area contributed by atoms with Crippen molar-refractivity contribution < 1.29 is 14.3 Å². The maximum absolute atomic E-state index is 12.3. The van der Waals surface area contributed by atoms with Gasteiger partial charge in [-0.1, -0.05) is 19.9 Å². The quantitative estimate of drug-likeness (QED) is 0.672. The van der Waals surface area contributed by atoms with E-state index in [0.29, 0.717) is 12.1 Å². The third-order valence-electron chi connectivity index (χ3n) is 4.42. The Morgan fingerprint density at radius 3 is 2.65 bits per heavy atom. The summed E-state index contributed by atoms with van der Waals surface area (Å²) in [7, 11) is 0. The summed E-state index contributed by atoms with van der Waals surface area (Å²) in [6.45, 7) is 7.25. The summed E-state index contributed by atoms with van der Waals surface area (Å²) in [5.74, 6) is -0.0315. The molecular formula is C20H31N3O3. The molecule has 1 fully saturated rings. The molecule has 1 aliphatic heterocycles. The largest absolute Gasteiger partial charge is 0.376 e. The maximum atomic E-state index is 12.3. The predicted octanol–water partition coefficient (Wildman–Crippen LogP) is 2.66. The first-order chi connectivity index (χ1) is 12.6. The van der Waals surface area contributed by atoms with Gasteiger partial charge in [0.1, 0.15) is 0 Å². The van der Waals surface area contributed by atoms with E-state index in [4.69, 9.17) is 4.74 Å². The van der Waals surface area contributed by atoms with Crippen LogP contribution in [0.3, 0.4) is 0 Å². The van der Waals surface area contributed by atoms with Crippen LogP contribution in [0.5, 0.6) is 0 Å². The summed E-state index contributed by atoms with van der Waals surface area (Å²) in [6, 6.07) is 7.25. The van der Waals surface area contributed by atoms with Gasteiger partial charge in [-0.25, -0.2) is 0 Å². The highest BCUT2D eigenvalue weighted by atomic mass is 16.5. The molecule has 2 amide bonds. The molecule has 26 heavy (non-hydrogen) atoms. The first-order valence-corrected chi connectivity index (χ1v) is 9.65. The highest BCUT2D eigenvalue weighted by Gasteiger charge is 2.17. The molecule has 0 radical (unpaired) electrons. The molecule has 1 unspecified atom stereocenters. The fourth-order valence-corrected chi connectivity index (χ4v) is 3.07. The number of nitrogens with one attached hydrogen (secondary N) is 2. The Morgan fingerprint density at radius 1 is 1.23 bits per heavy atom. The maximum Gasteiger partial charge on any atom is 0.251 e. The van der Waals surface area contributed by atoms with Gasteiger partial charge in [-0.15, -0.1) is 0 Å². The van der Waals surface area contributed by atoms with Crippen molar-refractivity contribution >= 4 is 17.5 Å². The van der Waals surface area contributed by atoms with Crippen LogP contribution in [-0.4, -0.2) is 55.6 Å². The highest BCUT2D eigenvalue weighted by molar-refractivity contribution is 5.95. The van der Waals surface area contributed by atoms with Crippen LogP contribution >= 0.6 is 0 Å². The van der Waals surface area contributed by atoms with Crippen molar-refractivity contribution in [1.82, 2.24) is 10.2 Å². The molecule has 0 bridgehead atoms. The molecule has 0 spiro atoms. The number of carbonyl (C=O) groups excluding carboxylic acids is 2. The minimum atomic E-state index is -0.117. The lowest BCUT2D eigenvalue weighted by molar-refractivity contribution is -0.129. The van der Waals surface area contributed by atoms with Crippen molar-refractivity contribution in [2.75, 3.05) is 38.1 Å². The summed E-state index contributed by atoms with van der Waals surface area (Å²) in [5.41, 5.74) is 1.36. The second-order valence-electron chi connectivity index (χ2n) is 6.66. The fraction of sp³-hybridized carbons (Fsp3) is 0.600. The van der Waals surface area contributed by atoms with Crippen LogP contribution in [0, 0.1) is 0 Å². The van der Waals surface area contributed by atoms with Crippen molar-refractivity contribution in [2.45, 2.75) is 45.6 Å². The zero-order chi connectivity index (χ0) is 18.8. The molecule has 2 N–H and O–H groups in total. The van der Waals surface area contributed by atoms with Gasteiger partial charge in [-0.05, 0) is 43.9 Å². The van der Waals surface area contributed by atoms with E-state index in [-0.39, 0.29) is 24.5 Å². The van der Waals surface area contributed by atoms with Crippen LogP contribution in [0.25, 0.3) is 0 Å². The minimum Gasteiger partial charge on any atom is -0.376 e. The summed E-state index contributed by atoms with van der Waals surface area (Å²) in [4.78, 5) is 26.5. The molecule has 1 atom stereocenters. The summed E-state index contributed by atoms with van der Waals surface area (Å²) >= 11 is 0. The van der Waals surface area contributed by atoms with E-state index in [1.54, 1.807) is 12.1 Å². The van der Waals surface area contributed by atoms with Crippen LogP contribution in [0.15, 0.2) is 24.3 Å². The van der Waals surface area contributed by atoms with Gasteiger partial charge in [-0.2, -0.15) is 0 Å². The second-order valence-corrected chi connectivity index (χ2v) is 6.66. The Balaban J connectivity index is 1.85. The van der Waals surface area contributed by atoms with Gasteiger partial charge < -0.3 is 20.3 Å². The monoisotopic (exact) mass is 361 g/mol. The van der Waals surface area contributed by atoms with Gasteiger partial charge in [0.25, 0.3) is 5.91 Å². The number of ether oxygens (including phenoxy) is 1. The van der Waals surface area contributed by atoms with E-state index >= 15 is 0 Å².